The summed E-state index contributed by atoms with van der Waals surface area (Å²) in [7, 11) is 0. The second-order valence-electron chi connectivity index (χ2n) is 8.81. The predicted molar refractivity (Wildman–Crippen MR) is 84.3 cm³/mol. The fraction of sp³-hybridized carbons (Fsp3) is 0.789. The fourth-order valence-electron chi connectivity index (χ4n) is 6.15. The maximum Gasteiger partial charge on any atom is 0.166 e. The molecule has 0 heterocycles. The fourth-order valence-corrected chi connectivity index (χ4v) is 6.15. The van der Waals surface area contributed by atoms with Gasteiger partial charge in [0.2, 0.25) is 0 Å². The molecule has 0 amide bonds. The minimum absolute atomic E-state index is 0.0566. The number of rotatable bonds is 0. The Kier molecular flexibility index (Phi) is 3.07. The van der Waals surface area contributed by atoms with Gasteiger partial charge in [0.25, 0.3) is 0 Å². The summed E-state index contributed by atoms with van der Waals surface area (Å²) in [4.78, 5) is 25.2. The first-order valence-electron chi connectivity index (χ1n) is 8.90. The number of carbonyl (C=O) groups excluding carboxylic acids is 2. The Morgan fingerprint density at radius 1 is 1.00 bits per heavy atom. The molecule has 5 atom stereocenters. The molecule has 4 nitrogen and oxygen atoms in total. The van der Waals surface area contributed by atoms with Crippen molar-refractivity contribution in [3.63, 3.8) is 0 Å². The number of fused-ring (bicyclic) bond motifs is 5. The first-order chi connectivity index (χ1) is 10.7. The summed E-state index contributed by atoms with van der Waals surface area (Å²) in [6.07, 6.45) is 6.16. The molecule has 0 aromatic carbocycles. The molecule has 2 N–H and O–H groups in total. The minimum atomic E-state index is -1.68. The molecule has 23 heavy (non-hydrogen) atoms. The van der Waals surface area contributed by atoms with Gasteiger partial charge in [-0.2, -0.15) is 0 Å². The van der Waals surface area contributed by atoms with Gasteiger partial charge >= 0.3 is 0 Å². The van der Waals surface area contributed by atoms with E-state index in [4.69, 9.17) is 0 Å². The first kappa shape index (κ1) is 15.5. The van der Waals surface area contributed by atoms with Crippen molar-refractivity contribution in [1.29, 1.82) is 0 Å². The Balaban J connectivity index is 1.76. The summed E-state index contributed by atoms with van der Waals surface area (Å²) < 4.78 is 0. The van der Waals surface area contributed by atoms with Crippen LogP contribution in [0.25, 0.3) is 0 Å². The van der Waals surface area contributed by atoms with Crippen LogP contribution < -0.4 is 0 Å². The van der Waals surface area contributed by atoms with E-state index in [1.165, 1.54) is 0 Å². The number of Topliss-reactive ketones (excluding diaryl/α,β-unsaturated/α-hetero) is 1. The van der Waals surface area contributed by atoms with Crippen LogP contribution in [0, 0.1) is 28.6 Å². The van der Waals surface area contributed by atoms with Gasteiger partial charge in [-0.05, 0) is 49.0 Å². The van der Waals surface area contributed by atoms with Gasteiger partial charge in [0.15, 0.2) is 11.6 Å². The molecule has 3 fully saturated rings. The number of carbonyl (C=O) groups is 2. The van der Waals surface area contributed by atoms with Crippen molar-refractivity contribution in [2.24, 2.45) is 28.6 Å². The number of allylic oxidation sites excluding steroid dienone is 1. The van der Waals surface area contributed by atoms with Crippen LogP contribution in [0.2, 0.25) is 0 Å². The van der Waals surface area contributed by atoms with Crippen molar-refractivity contribution < 1.29 is 19.8 Å². The van der Waals surface area contributed by atoms with E-state index in [1.807, 2.05) is 0 Å². The SMILES string of the molecule is C[C@]12CCC(O)(O)CC1=CC(=O)[C@@H]1[C@H]2CC[C@]2(C)C(=O)CC[C@@H]12. The maximum atomic E-state index is 12.9. The third-order valence-electron chi connectivity index (χ3n) is 7.69. The molecule has 0 aliphatic heterocycles. The standard InChI is InChI=1S/C19H26O4/c1-17-7-8-19(22,23)10-11(17)9-14(20)16-12-3-4-15(21)18(12,2)6-5-13(16)17/h9,12-13,16,22-23H,3-8,10H2,1-2H3/t12-,13+,16-,17-,18-/m0/s1. The molecule has 4 rings (SSSR count). The third kappa shape index (κ3) is 1.97. The topological polar surface area (TPSA) is 74.6 Å². The van der Waals surface area contributed by atoms with Crippen molar-refractivity contribution in [3.05, 3.63) is 11.6 Å². The van der Waals surface area contributed by atoms with Gasteiger partial charge < -0.3 is 10.2 Å². The van der Waals surface area contributed by atoms with Gasteiger partial charge in [-0.25, -0.2) is 0 Å². The Labute approximate surface area is 137 Å². The Bertz CT molecular complexity index is 619. The molecule has 0 radical (unpaired) electrons. The number of hydrogen-bond donors (Lipinski definition) is 2. The van der Waals surface area contributed by atoms with E-state index < -0.39 is 5.79 Å². The molecule has 4 aliphatic rings. The molecule has 0 aromatic heterocycles. The van der Waals surface area contributed by atoms with Crippen LogP contribution in [0.1, 0.15) is 58.8 Å². The van der Waals surface area contributed by atoms with E-state index in [0.717, 1.165) is 24.8 Å². The summed E-state index contributed by atoms with van der Waals surface area (Å²) in [5.41, 5.74) is 0.471. The van der Waals surface area contributed by atoms with Crippen LogP contribution in [-0.2, 0) is 9.59 Å². The van der Waals surface area contributed by atoms with Gasteiger partial charge in [-0.15, -0.1) is 0 Å². The smallest absolute Gasteiger partial charge is 0.166 e. The van der Waals surface area contributed by atoms with Crippen molar-refractivity contribution in [2.45, 2.75) is 64.6 Å². The number of aliphatic hydroxyl groups is 2. The number of hydrogen-bond acceptors (Lipinski definition) is 4. The van der Waals surface area contributed by atoms with E-state index in [9.17, 15) is 19.8 Å². The second kappa shape index (κ2) is 4.54. The molecule has 3 saturated carbocycles. The maximum absolute atomic E-state index is 12.9. The summed E-state index contributed by atoms with van der Waals surface area (Å²) in [6.45, 7) is 4.25. The van der Waals surface area contributed by atoms with Crippen LogP contribution in [0.15, 0.2) is 11.6 Å². The van der Waals surface area contributed by atoms with Crippen molar-refractivity contribution in [2.75, 3.05) is 0 Å². The highest BCUT2D eigenvalue weighted by atomic mass is 16.5. The zero-order chi connectivity index (χ0) is 16.6. The van der Waals surface area contributed by atoms with Crippen LogP contribution in [0.4, 0.5) is 0 Å². The van der Waals surface area contributed by atoms with Gasteiger partial charge in [0.1, 0.15) is 5.78 Å². The molecule has 0 saturated heterocycles. The molecule has 4 heteroatoms. The Hall–Kier alpha value is -1.00. The molecule has 0 unspecified atom stereocenters. The quantitative estimate of drug-likeness (QED) is 0.673. The summed E-state index contributed by atoms with van der Waals surface area (Å²) >= 11 is 0. The normalized spacial score (nSPS) is 48.3. The molecule has 126 valence electrons. The van der Waals surface area contributed by atoms with E-state index in [1.54, 1.807) is 6.08 Å². The second-order valence-corrected chi connectivity index (χ2v) is 8.81. The van der Waals surface area contributed by atoms with Gasteiger partial charge in [0.05, 0.1) is 0 Å². The summed E-state index contributed by atoms with van der Waals surface area (Å²) in [5, 5.41) is 20.0. The minimum Gasteiger partial charge on any atom is -0.365 e. The van der Waals surface area contributed by atoms with E-state index in [2.05, 4.69) is 13.8 Å². The largest absolute Gasteiger partial charge is 0.365 e. The van der Waals surface area contributed by atoms with Gasteiger partial charge in [-0.3, -0.25) is 9.59 Å². The zero-order valence-electron chi connectivity index (χ0n) is 14.0. The molecule has 0 aromatic rings. The lowest BCUT2D eigenvalue weighted by molar-refractivity contribution is -0.188. The Morgan fingerprint density at radius 3 is 2.43 bits per heavy atom. The molecular weight excluding hydrogens is 292 g/mol. The van der Waals surface area contributed by atoms with Crippen molar-refractivity contribution in [3.8, 4) is 0 Å². The van der Waals surface area contributed by atoms with Crippen LogP contribution in [0.5, 0.6) is 0 Å². The lowest BCUT2D eigenvalue weighted by atomic mass is 9.47. The highest BCUT2D eigenvalue weighted by Gasteiger charge is 2.61. The molecular formula is C19H26O4. The third-order valence-corrected chi connectivity index (χ3v) is 7.69. The van der Waals surface area contributed by atoms with Crippen LogP contribution in [0.3, 0.4) is 0 Å². The molecule has 0 bridgehead atoms. The van der Waals surface area contributed by atoms with Crippen molar-refractivity contribution in [1.82, 2.24) is 0 Å². The Morgan fingerprint density at radius 2 is 1.70 bits per heavy atom. The van der Waals surface area contributed by atoms with Crippen molar-refractivity contribution >= 4 is 11.6 Å². The van der Waals surface area contributed by atoms with Gasteiger partial charge in [0, 0.05) is 30.6 Å². The zero-order valence-corrected chi connectivity index (χ0v) is 14.0. The monoisotopic (exact) mass is 318 g/mol. The highest BCUT2D eigenvalue weighted by Crippen LogP contribution is 2.63. The summed E-state index contributed by atoms with van der Waals surface area (Å²) in [5.74, 6) is -0.863. The van der Waals surface area contributed by atoms with Crippen LogP contribution in [-0.4, -0.2) is 27.6 Å². The lowest BCUT2D eigenvalue weighted by Crippen LogP contribution is -2.54. The lowest BCUT2D eigenvalue weighted by Gasteiger charge is -2.56. The molecule has 0 spiro atoms. The highest BCUT2D eigenvalue weighted by molar-refractivity contribution is 5.96. The van der Waals surface area contributed by atoms with E-state index in [0.29, 0.717) is 25.0 Å². The summed E-state index contributed by atoms with van der Waals surface area (Å²) in [6, 6.07) is 0. The van der Waals surface area contributed by atoms with E-state index >= 15 is 0 Å². The van der Waals surface area contributed by atoms with Crippen LogP contribution >= 0.6 is 0 Å². The average molecular weight is 318 g/mol. The average Bonchev–Trinajstić information content (AvgIpc) is 2.77. The predicted octanol–water partition coefficient (Wildman–Crippen LogP) is 2.38. The number of ketones is 2. The first-order valence-corrected chi connectivity index (χ1v) is 8.90. The van der Waals surface area contributed by atoms with Gasteiger partial charge in [-0.1, -0.05) is 19.4 Å². The van der Waals surface area contributed by atoms with E-state index in [-0.39, 0.29) is 40.8 Å². The molecule has 4 aliphatic carbocycles.